The summed E-state index contributed by atoms with van der Waals surface area (Å²) in [5.41, 5.74) is 1.02. The van der Waals surface area contributed by atoms with Crippen LogP contribution in [-0.4, -0.2) is 48.7 Å². The van der Waals surface area contributed by atoms with Crippen molar-refractivity contribution in [1.29, 1.82) is 0 Å². The van der Waals surface area contributed by atoms with Crippen molar-refractivity contribution < 1.29 is 0 Å². The van der Waals surface area contributed by atoms with E-state index in [-0.39, 0.29) is 0 Å². The van der Waals surface area contributed by atoms with Crippen LogP contribution in [0.1, 0.15) is 31.4 Å². The molecule has 0 spiro atoms. The lowest BCUT2D eigenvalue weighted by Crippen LogP contribution is -2.42. The first kappa shape index (κ1) is 18.4. The molecule has 0 amide bonds. The van der Waals surface area contributed by atoms with Gasteiger partial charge in [0.15, 0.2) is 5.96 Å². The van der Waals surface area contributed by atoms with Gasteiger partial charge in [-0.2, -0.15) is 0 Å². The molecule has 1 aromatic heterocycles. The number of halogens is 2. The molecule has 1 aromatic rings. The number of guanidine groups is 1. The normalized spacial score (nSPS) is 16.3. The molecule has 5 nitrogen and oxygen atoms in total. The molecule has 1 aliphatic rings. The van der Waals surface area contributed by atoms with Crippen molar-refractivity contribution in [2.75, 3.05) is 27.2 Å². The van der Waals surface area contributed by atoms with E-state index in [2.05, 4.69) is 27.6 Å². The smallest absolute Gasteiger partial charge is 0.191 e. The molecule has 7 heteroatoms. The molecule has 0 saturated heterocycles. The van der Waals surface area contributed by atoms with Gasteiger partial charge in [0.1, 0.15) is 5.15 Å². The van der Waals surface area contributed by atoms with E-state index in [4.69, 9.17) is 23.2 Å². The molecule has 1 aliphatic carbocycles. The first-order chi connectivity index (χ1) is 11.0. The second-order valence-electron chi connectivity index (χ2n) is 6.10. The monoisotopic (exact) mass is 359 g/mol. The fourth-order valence-corrected chi connectivity index (χ4v) is 3.45. The molecule has 2 rings (SSSR count). The van der Waals surface area contributed by atoms with Crippen molar-refractivity contribution in [2.24, 2.45) is 12.0 Å². The van der Waals surface area contributed by atoms with E-state index in [0.29, 0.717) is 16.7 Å². The van der Waals surface area contributed by atoms with Gasteiger partial charge in [-0.3, -0.25) is 4.99 Å². The third kappa shape index (κ3) is 5.03. The van der Waals surface area contributed by atoms with Crippen molar-refractivity contribution in [3.8, 4) is 0 Å². The van der Waals surface area contributed by atoms with Crippen molar-refractivity contribution in [3.63, 3.8) is 0 Å². The highest BCUT2D eigenvalue weighted by molar-refractivity contribution is 6.41. The van der Waals surface area contributed by atoms with Crippen LogP contribution in [0, 0.1) is 0 Å². The summed E-state index contributed by atoms with van der Waals surface area (Å²) in [6.07, 6.45) is 5.40. The Labute approximate surface area is 149 Å². The molecule has 0 atom stereocenters. The number of hydrogen-bond acceptors (Lipinski definition) is 2. The van der Waals surface area contributed by atoms with Crippen LogP contribution in [0.25, 0.3) is 0 Å². The number of likely N-dealkylation sites (N-methyl/N-ethyl adjacent to an activating group) is 1. The number of nitrogens with zero attached hydrogens (tertiary/aromatic N) is 3. The minimum atomic E-state index is 0.560. The molecule has 1 saturated carbocycles. The summed E-state index contributed by atoms with van der Waals surface area (Å²) in [4.78, 5) is 6.71. The van der Waals surface area contributed by atoms with E-state index >= 15 is 0 Å². The first-order valence-electron chi connectivity index (χ1n) is 8.17. The van der Waals surface area contributed by atoms with Gasteiger partial charge in [0.05, 0.1) is 11.6 Å². The van der Waals surface area contributed by atoms with Gasteiger partial charge in [-0.1, -0.05) is 36.0 Å². The second kappa shape index (κ2) is 8.81. The number of aliphatic imine (C=N–C) groups is 1. The lowest BCUT2D eigenvalue weighted by atomic mass is 10.2. The van der Waals surface area contributed by atoms with Crippen LogP contribution >= 0.6 is 23.2 Å². The topological polar surface area (TPSA) is 44.6 Å². The molecular weight excluding hydrogens is 333 g/mol. The van der Waals surface area contributed by atoms with Gasteiger partial charge < -0.3 is 20.1 Å². The van der Waals surface area contributed by atoms with Crippen molar-refractivity contribution in [2.45, 2.75) is 38.3 Å². The Bertz CT molecular complexity index is 535. The number of rotatable bonds is 6. The maximum atomic E-state index is 6.08. The quantitative estimate of drug-likeness (QED) is 0.606. The van der Waals surface area contributed by atoms with Crippen LogP contribution in [0.15, 0.2) is 11.1 Å². The number of hydrogen-bond donors (Lipinski definition) is 2. The largest absolute Gasteiger partial charge is 0.355 e. The van der Waals surface area contributed by atoms with Gasteiger partial charge in [0.2, 0.25) is 0 Å². The van der Waals surface area contributed by atoms with Crippen LogP contribution in [0.2, 0.25) is 10.2 Å². The van der Waals surface area contributed by atoms with E-state index < -0.39 is 0 Å². The van der Waals surface area contributed by atoms with Crippen LogP contribution in [0.4, 0.5) is 0 Å². The molecular formula is C16H27Cl2N5. The van der Waals surface area contributed by atoms with E-state index in [1.807, 2.05) is 17.7 Å². The summed E-state index contributed by atoms with van der Waals surface area (Å²) < 4.78 is 1.87. The highest BCUT2D eigenvalue weighted by Crippen LogP contribution is 2.25. The molecule has 130 valence electrons. The van der Waals surface area contributed by atoms with E-state index in [0.717, 1.165) is 30.8 Å². The predicted octanol–water partition coefficient (Wildman–Crippen LogP) is 2.87. The number of nitrogens with one attached hydrogen (secondary N) is 2. The molecule has 1 heterocycles. The third-order valence-electron chi connectivity index (χ3n) is 4.58. The molecule has 0 bridgehead atoms. The first-order valence-corrected chi connectivity index (χ1v) is 8.93. The predicted molar refractivity (Wildman–Crippen MR) is 98.5 cm³/mol. The Morgan fingerprint density at radius 2 is 2.04 bits per heavy atom. The van der Waals surface area contributed by atoms with Gasteiger partial charge in [0, 0.05) is 38.9 Å². The highest BCUT2D eigenvalue weighted by Gasteiger charge is 2.18. The standard InChI is InChI=1S/C16H27Cl2N5/c1-19-16(20-8-9-22(2)12-6-4-5-7-12)21-11-13-10-14(17)15(18)23(13)3/h10,12H,4-9,11H2,1-3H3,(H2,19,20,21). The van der Waals surface area contributed by atoms with Crippen LogP contribution in [0.3, 0.4) is 0 Å². The van der Waals surface area contributed by atoms with Crippen LogP contribution < -0.4 is 10.6 Å². The van der Waals surface area contributed by atoms with Gasteiger partial charge in [0.25, 0.3) is 0 Å². The van der Waals surface area contributed by atoms with E-state index in [9.17, 15) is 0 Å². The lowest BCUT2D eigenvalue weighted by molar-refractivity contribution is 0.249. The van der Waals surface area contributed by atoms with Gasteiger partial charge in [-0.15, -0.1) is 0 Å². The summed E-state index contributed by atoms with van der Waals surface area (Å²) in [7, 11) is 5.89. The minimum absolute atomic E-state index is 0.560. The Hall–Kier alpha value is -0.910. The second-order valence-corrected chi connectivity index (χ2v) is 6.87. The summed E-state index contributed by atoms with van der Waals surface area (Å²) in [5, 5.41) is 7.79. The maximum Gasteiger partial charge on any atom is 0.191 e. The average molecular weight is 360 g/mol. The molecule has 1 fully saturated rings. The Balaban J connectivity index is 1.74. The van der Waals surface area contributed by atoms with E-state index in [1.165, 1.54) is 25.7 Å². The average Bonchev–Trinajstić information content (AvgIpc) is 3.16. The zero-order valence-electron chi connectivity index (χ0n) is 14.2. The molecule has 0 unspecified atom stereocenters. The van der Waals surface area contributed by atoms with Crippen molar-refractivity contribution in [1.82, 2.24) is 20.1 Å². The zero-order valence-corrected chi connectivity index (χ0v) is 15.7. The Morgan fingerprint density at radius 1 is 1.35 bits per heavy atom. The molecule has 23 heavy (non-hydrogen) atoms. The summed E-state index contributed by atoms with van der Waals surface area (Å²) >= 11 is 12.1. The lowest BCUT2D eigenvalue weighted by Gasteiger charge is -2.24. The fourth-order valence-electron chi connectivity index (χ4n) is 3.03. The SMILES string of the molecule is CN=C(NCCN(C)C1CCCC1)NCc1cc(Cl)c(Cl)n1C. The minimum Gasteiger partial charge on any atom is -0.355 e. The Morgan fingerprint density at radius 3 is 2.61 bits per heavy atom. The van der Waals surface area contributed by atoms with Crippen LogP contribution in [-0.2, 0) is 13.6 Å². The molecule has 0 aliphatic heterocycles. The van der Waals surface area contributed by atoms with Gasteiger partial charge >= 0.3 is 0 Å². The van der Waals surface area contributed by atoms with Crippen molar-refractivity contribution >= 4 is 29.2 Å². The van der Waals surface area contributed by atoms with E-state index in [1.54, 1.807) is 7.05 Å². The third-order valence-corrected chi connectivity index (χ3v) is 5.42. The summed E-state index contributed by atoms with van der Waals surface area (Å²) in [5.74, 6) is 0.790. The maximum absolute atomic E-state index is 6.08. The molecule has 0 radical (unpaired) electrons. The highest BCUT2D eigenvalue weighted by atomic mass is 35.5. The van der Waals surface area contributed by atoms with Crippen molar-refractivity contribution in [3.05, 3.63) is 21.9 Å². The Kier molecular flexibility index (Phi) is 7.06. The number of aromatic nitrogens is 1. The molecule has 0 aromatic carbocycles. The zero-order chi connectivity index (χ0) is 16.8. The summed E-state index contributed by atoms with van der Waals surface area (Å²) in [6.45, 7) is 2.52. The van der Waals surface area contributed by atoms with Crippen LogP contribution in [0.5, 0.6) is 0 Å². The van der Waals surface area contributed by atoms with Gasteiger partial charge in [-0.25, -0.2) is 0 Å². The fraction of sp³-hybridized carbons (Fsp3) is 0.688. The van der Waals surface area contributed by atoms with Gasteiger partial charge in [-0.05, 0) is 26.0 Å². The molecule has 2 N–H and O–H groups in total. The summed E-state index contributed by atoms with van der Waals surface area (Å²) in [6, 6.07) is 2.62.